The molecule has 5 nitrogen and oxygen atoms in total. The van der Waals surface area contributed by atoms with E-state index >= 15 is 0 Å². The van der Waals surface area contributed by atoms with Crippen molar-refractivity contribution in [3.05, 3.63) is 35.9 Å². The molecule has 126 valence electrons. The van der Waals surface area contributed by atoms with Crippen LogP contribution in [0.25, 0.3) is 0 Å². The van der Waals surface area contributed by atoms with Gasteiger partial charge in [-0.3, -0.25) is 4.79 Å². The van der Waals surface area contributed by atoms with Gasteiger partial charge in [-0.15, -0.1) is 0 Å². The van der Waals surface area contributed by atoms with Gasteiger partial charge in [0.1, 0.15) is 12.2 Å². The average Bonchev–Trinajstić information content (AvgIpc) is 2.47. The van der Waals surface area contributed by atoms with Crippen molar-refractivity contribution in [3.63, 3.8) is 0 Å². The molecular weight excluding hydrogens is 310 g/mol. The monoisotopic (exact) mass is 335 g/mol. The standard InChI is InChI=1S/C17H25NO4Si/c1-17(22-23(2,3)4)13-18(11-10-15(17)19)16(20)21-12-14-8-6-5-7-9-14/h5-9H,10-13H2,1-4H3. The van der Waals surface area contributed by atoms with Crippen molar-refractivity contribution in [3.8, 4) is 0 Å². The molecule has 1 amide bonds. The molecule has 0 aliphatic carbocycles. The first-order chi connectivity index (χ1) is 10.7. The number of piperidine rings is 1. The molecule has 0 radical (unpaired) electrons. The fraction of sp³-hybridized carbons (Fsp3) is 0.529. The maximum atomic E-state index is 12.3. The van der Waals surface area contributed by atoms with Crippen LogP contribution in [0.2, 0.25) is 19.6 Å². The van der Waals surface area contributed by atoms with E-state index in [9.17, 15) is 9.59 Å². The predicted octanol–water partition coefficient (Wildman–Crippen LogP) is 3.21. The van der Waals surface area contributed by atoms with Crippen molar-refractivity contribution >= 4 is 20.2 Å². The van der Waals surface area contributed by atoms with Gasteiger partial charge in [-0.05, 0) is 32.1 Å². The van der Waals surface area contributed by atoms with Gasteiger partial charge in [0.25, 0.3) is 0 Å². The first-order valence-electron chi connectivity index (χ1n) is 7.89. The highest BCUT2D eigenvalue weighted by atomic mass is 28.4. The van der Waals surface area contributed by atoms with Crippen LogP contribution in [-0.4, -0.2) is 43.8 Å². The molecule has 1 saturated heterocycles. The molecular formula is C17H25NO4Si. The summed E-state index contributed by atoms with van der Waals surface area (Å²) in [6.07, 6.45) is -0.0896. The lowest BCUT2D eigenvalue weighted by Gasteiger charge is -2.41. The molecule has 1 unspecified atom stereocenters. The Hall–Kier alpha value is -1.66. The molecule has 1 atom stereocenters. The number of benzene rings is 1. The average molecular weight is 335 g/mol. The van der Waals surface area contributed by atoms with Gasteiger partial charge in [0.05, 0.1) is 6.54 Å². The third-order valence-electron chi connectivity index (χ3n) is 3.69. The fourth-order valence-electron chi connectivity index (χ4n) is 2.76. The number of ketones is 1. The van der Waals surface area contributed by atoms with E-state index in [4.69, 9.17) is 9.16 Å². The van der Waals surface area contributed by atoms with Crippen LogP contribution >= 0.6 is 0 Å². The lowest BCUT2D eigenvalue weighted by Crippen LogP contribution is -2.58. The van der Waals surface area contributed by atoms with Crippen LogP contribution in [-0.2, 0) is 20.6 Å². The van der Waals surface area contributed by atoms with Crippen molar-refractivity contribution in [2.24, 2.45) is 0 Å². The highest BCUT2D eigenvalue weighted by Gasteiger charge is 2.44. The normalized spacial score (nSPS) is 22.1. The number of nitrogens with zero attached hydrogens (tertiary/aromatic N) is 1. The van der Waals surface area contributed by atoms with E-state index < -0.39 is 20.0 Å². The summed E-state index contributed by atoms with van der Waals surface area (Å²) in [5, 5.41) is 0. The van der Waals surface area contributed by atoms with E-state index in [-0.39, 0.29) is 18.9 Å². The van der Waals surface area contributed by atoms with E-state index in [1.807, 2.05) is 50.0 Å². The molecule has 1 heterocycles. The number of ether oxygens (including phenoxy) is 1. The number of likely N-dealkylation sites (tertiary alicyclic amines) is 1. The maximum Gasteiger partial charge on any atom is 0.410 e. The highest BCUT2D eigenvalue weighted by molar-refractivity contribution is 6.70. The Morgan fingerprint density at radius 3 is 2.52 bits per heavy atom. The lowest BCUT2D eigenvalue weighted by atomic mass is 9.94. The molecule has 0 spiro atoms. The molecule has 0 aromatic heterocycles. The summed E-state index contributed by atoms with van der Waals surface area (Å²) < 4.78 is 11.4. The number of Topliss-reactive ketones (excluding diaryl/α,β-unsaturated/α-hetero) is 1. The molecule has 1 aromatic carbocycles. The SMILES string of the molecule is CC1(O[Si](C)(C)C)CN(C(=O)OCc2ccccc2)CCC1=O. The van der Waals surface area contributed by atoms with Gasteiger partial charge in [-0.25, -0.2) is 4.79 Å². The second-order valence-corrected chi connectivity index (χ2v) is 11.5. The number of rotatable bonds is 4. The number of hydrogen-bond acceptors (Lipinski definition) is 4. The molecule has 1 aromatic rings. The molecule has 2 rings (SSSR count). The zero-order valence-electron chi connectivity index (χ0n) is 14.3. The second kappa shape index (κ2) is 6.84. The van der Waals surface area contributed by atoms with Crippen LogP contribution in [0.1, 0.15) is 18.9 Å². The molecule has 1 aliphatic rings. The fourth-order valence-corrected chi connectivity index (χ4v) is 4.29. The van der Waals surface area contributed by atoms with Crippen LogP contribution in [0.3, 0.4) is 0 Å². The quantitative estimate of drug-likeness (QED) is 0.793. The second-order valence-electron chi connectivity index (χ2n) is 7.08. The Balaban J connectivity index is 1.97. The molecule has 6 heteroatoms. The van der Waals surface area contributed by atoms with E-state index in [1.165, 1.54) is 0 Å². The summed E-state index contributed by atoms with van der Waals surface area (Å²) >= 11 is 0. The molecule has 1 fully saturated rings. The number of amides is 1. The lowest BCUT2D eigenvalue weighted by molar-refractivity contribution is -0.139. The first-order valence-corrected chi connectivity index (χ1v) is 11.3. The van der Waals surface area contributed by atoms with Gasteiger partial charge in [0.15, 0.2) is 14.1 Å². The van der Waals surface area contributed by atoms with Gasteiger partial charge >= 0.3 is 6.09 Å². The minimum atomic E-state index is -1.89. The highest BCUT2D eigenvalue weighted by Crippen LogP contribution is 2.26. The minimum Gasteiger partial charge on any atom is -0.445 e. The van der Waals surface area contributed by atoms with Crippen molar-refractivity contribution in [1.29, 1.82) is 0 Å². The van der Waals surface area contributed by atoms with Gasteiger partial charge < -0.3 is 14.1 Å². The molecule has 1 aliphatic heterocycles. The zero-order valence-corrected chi connectivity index (χ0v) is 15.3. The Morgan fingerprint density at radius 1 is 1.26 bits per heavy atom. The summed E-state index contributed by atoms with van der Waals surface area (Å²) in [5.41, 5.74) is 0.0177. The molecule has 0 saturated carbocycles. The summed E-state index contributed by atoms with van der Waals surface area (Å²) in [6.45, 7) is 8.77. The summed E-state index contributed by atoms with van der Waals surface area (Å²) in [4.78, 5) is 26.1. The van der Waals surface area contributed by atoms with Crippen LogP contribution in [0.4, 0.5) is 4.79 Å². The van der Waals surface area contributed by atoms with Gasteiger partial charge in [-0.1, -0.05) is 30.3 Å². The largest absolute Gasteiger partial charge is 0.445 e. The summed E-state index contributed by atoms with van der Waals surface area (Å²) in [7, 11) is -1.89. The third kappa shape index (κ3) is 4.91. The van der Waals surface area contributed by atoms with Crippen LogP contribution in [0.15, 0.2) is 30.3 Å². The van der Waals surface area contributed by atoms with Crippen LogP contribution in [0, 0.1) is 0 Å². The smallest absolute Gasteiger partial charge is 0.410 e. The zero-order chi connectivity index (χ0) is 17.1. The van der Waals surface area contributed by atoms with Gasteiger partial charge in [0, 0.05) is 13.0 Å². The number of carbonyl (C=O) groups is 2. The molecule has 0 bridgehead atoms. The Morgan fingerprint density at radius 2 is 1.91 bits per heavy atom. The predicted molar refractivity (Wildman–Crippen MR) is 90.7 cm³/mol. The Labute approximate surface area is 138 Å². The van der Waals surface area contributed by atoms with E-state index in [1.54, 1.807) is 11.8 Å². The van der Waals surface area contributed by atoms with Crippen molar-refractivity contribution in [2.75, 3.05) is 13.1 Å². The third-order valence-corrected chi connectivity index (χ3v) is 4.75. The molecule has 23 heavy (non-hydrogen) atoms. The summed E-state index contributed by atoms with van der Waals surface area (Å²) in [5.74, 6) is 0.0621. The van der Waals surface area contributed by atoms with Crippen molar-refractivity contribution in [2.45, 2.75) is 45.2 Å². The number of carbonyl (C=O) groups excluding carboxylic acids is 2. The first kappa shape index (κ1) is 17.7. The topological polar surface area (TPSA) is 55.8 Å². The molecule has 0 N–H and O–H groups in total. The van der Waals surface area contributed by atoms with E-state index in [0.717, 1.165) is 5.56 Å². The number of hydrogen-bond donors (Lipinski definition) is 0. The maximum absolute atomic E-state index is 12.3. The van der Waals surface area contributed by atoms with Crippen molar-refractivity contribution in [1.82, 2.24) is 4.90 Å². The van der Waals surface area contributed by atoms with E-state index in [2.05, 4.69) is 0 Å². The van der Waals surface area contributed by atoms with Crippen LogP contribution < -0.4 is 0 Å². The van der Waals surface area contributed by atoms with Crippen molar-refractivity contribution < 1.29 is 18.8 Å². The van der Waals surface area contributed by atoms with Gasteiger partial charge in [-0.2, -0.15) is 0 Å². The van der Waals surface area contributed by atoms with Crippen LogP contribution in [0.5, 0.6) is 0 Å². The summed E-state index contributed by atoms with van der Waals surface area (Å²) in [6, 6.07) is 9.54. The minimum absolute atomic E-state index is 0.0621. The Bertz CT molecular complexity index is 570. The van der Waals surface area contributed by atoms with E-state index in [0.29, 0.717) is 13.0 Å². The van der Waals surface area contributed by atoms with Gasteiger partial charge in [0.2, 0.25) is 0 Å². The Kier molecular flexibility index (Phi) is 5.26.